The molecule has 0 aliphatic carbocycles. The molecule has 0 saturated heterocycles. The van der Waals surface area contributed by atoms with Gasteiger partial charge in [-0.25, -0.2) is 0 Å². The molecule has 0 atom stereocenters. The van der Waals surface area contributed by atoms with Gasteiger partial charge >= 0.3 is 0 Å². The molecule has 2 heterocycles. The summed E-state index contributed by atoms with van der Waals surface area (Å²) < 4.78 is 6.04. The van der Waals surface area contributed by atoms with Crippen LogP contribution in [0.5, 0.6) is 0 Å². The zero-order valence-corrected chi connectivity index (χ0v) is 16.1. The van der Waals surface area contributed by atoms with Gasteiger partial charge in [0.1, 0.15) is 18.6 Å². The molecule has 137 valence electrons. The topological polar surface area (TPSA) is 55.0 Å². The fourth-order valence-electron chi connectivity index (χ4n) is 3.72. The number of aromatic nitrogens is 1. The van der Waals surface area contributed by atoms with Gasteiger partial charge in [0.05, 0.1) is 5.69 Å². The summed E-state index contributed by atoms with van der Waals surface area (Å²) in [6.07, 6.45) is 4.90. The van der Waals surface area contributed by atoms with Crippen molar-refractivity contribution in [2.75, 3.05) is 5.73 Å². The number of fused-ring (bicyclic) bond motifs is 2. The minimum atomic E-state index is 0.838. The molecule has 0 saturated carbocycles. The number of aromatic amines is 1. The molecule has 0 spiro atoms. The third kappa shape index (κ3) is 3.62. The summed E-state index contributed by atoms with van der Waals surface area (Å²) >= 11 is 0. The Bertz CT molecular complexity index is 1080. The summed E-state index contributed by atoms with van der Waals surface area (Å²) in [7, 11) is 2.21. The second-order valence-corrected chi connectivity index (χ2v) is 7.28. The molecule has 0 aliphatic rings. The van der Waals surface area contributed by atoms with Crippen LogP contribution >= 0.6 is 0 Å². The molecule has 4 rings (SSSR count). The maximum Gasteiger partial charge on any atom is 0.134 e. The summed E-state index contributed by atoms with van der Waals surface area (Å²) in [5.41, 5.74) is 13.1. The third-order valence-electron chi connectivity index (χ3n) is 5.37. The van der Waals surface area contributed by atoms with Gasteiger partial charge in [-0.05, 0) is 54.7 Å². The lowest BCUT2D eigenvalue weighted by Gasteiger charge is -1.98. The van der Waals surface area contributed by atoms with E-state index in [4.69, 9.17) is 10.2 Å². The van der Waals surface area contributed by atoms with Gasteiger partial charge in [0, 0.05) is 28.4 Å². The first-order valence-electron chi connectivity index (χ1n) is 9.86. The van der Waals surface area contributed by atoms with Gasteiger partial charge in [-0.2, -0.15) is 0 Å². The number of H-pyrrole nitrogens is 1. The molecule has 0 unspecified atom stereocenters. The van der Waals surface area contributed by atoms with Crippen molar-refractivity contribution in [3.05, 3.63) is 65.0 Å². The van der Waals surface area contributed by atoms with Crippen molar-refractivity contribution in [1.29, 1.82) is 0 Å². The molecule has 2 aromatic carbocycles. The van der Waals surface area contributed by atoms with Crippen molar-refractivity contribution in [3.63, 3.8) is 0 Å². The number of anilines is 1. The molecule has 1 radical (unpaired) electrons. The SMILES string of the molecule is C[B]CCc1ccc2oc(CCc3[nH]c4cc(CC)ccc4c3N)cc2c1. The smallest absolute Gasteiger partial charge is 0.134 e. The highest BCUT2D eigenvalue weighted by molar-refractivity contribution is 6.33. The quantitative estimate of drug-likeness (QED) is 0.426. The van der Waals surface area contributed by atoms with Crippen LogP contribution < -0.4 is 5.73 Å². The Labute approximate surface area is 161 Å². The molecular weight excluding hydrogens is 331 g/mol. The second kappa shape index (κ2) is 7.55. The second-order valence-electron chi connectivity index (χ2n) is 7.28. The van der Waals surface area contributed by atoms with Crippen LogP contribution in [0.3, 0.4) is 0 Å². The van der Waals surface area contributed by atoms with Crippen LogP contribution in [0.4, 0.5) is 5.69 Å². The van der Waals surface area contributed by atoms with Gasteiger partial charge in [-0.1, -0.05) is 38.3 Å². The van der Waals surface area contributed by atoms with E-state index in [0.717, 1.165) is 65.6 Å². The maximum absolute atomic E-state index is 6.37. The Balaban J connectivity index is 1.52. The van der Waals surface area contributed by atoms with Crippen LogP contribution in [0, 0.1) is 0 Å². The van der Waals surface area contributed by atoms with E-state index in [1.165, 1.54) is 16.5 Å². The maximum atomic E-state index is 6.37. The summed E-state index contributed by atoms with van der Waals surface area (Å²) in [6, 6.07) is 15.2. The van der Waals surface area contributed by atoms with E-state index in [0.29, 0.717) is 0 Å². The van der Waals surface area contributed by atoms with Gasteiger partial charge in [-0.3, -0.25) is 0 Å². The van der Waals surface area contributed by atoms with E-state index < -0.39 is 0 Å². The molecule has 0 fully saturated rings. The number of nitrogens with two attached hydrogens (primary N) is 1. The minimum Gasteiger partial charge on any atom is -0.461 e. The van der Waals surface area contributed by atoms with E-state index in [2.05, 4.69) is 68.5 Å². The van der Waals surface area contributed by atoms with Crippen LogP contribution in [-0.4, -0.2) is 12.3 Å². The number of hydrogen-bond acceptors (Lipinski definition) is 2. The Morgan fingerprint density at radius 1 is 1.00 bits per heavy atom. The normalized spacial score (nSPS) is 11.5. The van der Waals surface area contributed by atoms with Crippen molar-refractivity contribution >= 4 is 34.8 Å². The van der Waals surface area contributed by atoms with E-state index in [9.17, 15) is 0 Å². The highest BCUT2D eigenvalue weighted by Gasteiger charge is 2.11. The minimum absolute atomic E-state index is 0.838. The van der Waals surface area contributed by atoms with Gasteiger partial charge in [-0.15, -0.1) is 0 Å². The Morgan fingerprint density at radius 2 is 1.85 bits per heavy atom. The van der Waals surface area contributed by atoms with Crippen molar-refractivity contribution in [3.8, 4) is 0 Å². The van der Waals surface area contributed by atoms with Crippen LogP contribution in [-0.2, 0) is 25.7 Å². The van der Waals surface area contributed by atoms with Gasteiger partial charge < -0.3 is 15.1 Å². The average molecular weight is 357 g/mol. The van der Waals surface area contributed by atoms with Crippen LogP contribution in [0.2, 0.25) is 13.1 Å². The van der Waals surface area contributed by atoms with Crippen molar-refractivity contribution in [1.82, 2.24) is 4.98 Å². The molecule has 3 nitrogen and oxygen atoms in total. The number of nitrogen functional groups attached to an aromatic ring is 1. The van der Waals surface area contributed by atoms with E-state index in [-0.39, 0.29) is 0 Å². The Morgan fingerprint density at radius 3 is 2.67 bits per heavy atom. The van der Waals surface area contributed by atoms with Crippen LogP contribution in [0.15, 0.2) is 46.9 Å². The van der Waals surface area contributed by atoms with E-state index >= 15 is 0 Å². The lowest BCUT2D eigenvalue weighted by Crippen LogP contribution is -1.95. The summed E-state index contributed by atoms with van der Waals surface area (Å²) in [5, 5.41) is 2.31. The molecule has 2 aromatic heterocycles. The first-order chi connectivity index (χ1) is 13.2. The zero-order chi connectivity index (χ0) is 18.8. The largest absolute Gasteiger partial charge is 0.461 e. The fourth-order valence-corrected chi connectivity index (χ4v) is 3.72. The van der Waals surface area contributed by atoms with Crippen molar-refractivity contribution in [2.24, 2.45) is 0 Å². The lowest BCUT2D eigenvalue weighted by atomic mass is 9.76. The predicted molar refractivity (Wildman–Crippen MR) is 116 cm³/mol. The molecular formula is C23H26BN2O. The van der Waals surface area contributed by atoms with Gasteiger partial charge in [0.25, 0.3) is 0 Å². The van der Waals surface area contributed by atoms with Crippen molar-refractivity contribution in [2.45, 2.75) is 45.8 Å². The monoisotopic (exact) mass is 357 g/mol. The zero-order valence-electron chi connectivity index (χ0n) is 16.1. The van der Waals surface area contributed by atoms with Crippen LogP contribution in [0.1, 0.15) is 29.5 Å². The predicted octanol–water partition coefficient (Wildman–Crippen LogP) is 5.56. The van der Waals surface area contributed by atoms with E-state index in [1.807, 2.05) is 0 Å². The molecule has 0 bridgehead atoms. The molecule has 4 aromatic rings. The number of hydrogen-bond donors (Lipinski definition) is 2. The number of aryl methyl sites for hydroxylation is 4. The molecule has 0 aliphatic heterocycles. The lowest BCUT2D eigenvalue weighted by molar-refractivity contribution is 0.546. The Hall–Kier alpha value is -2.62. The highest BCUT2D eigenvalue weighted by Crippen LogP contribution is 2.28. The first-order valence-corrected chi connectivity index (χ1v) is 9.86. The highest BCUT2D eigenvalue weighted by atomic mass is 16.3. The first kappa shape index (κ1) is 17.8. The van der Waals surface area contributed by atoms with Crippen molar-refractivity contribution < 1.29 is 4.42 Å². The third-order valence-corrected chi connectivity index (χ3v) is 5.37. The number of nitrogens with one attached hydrogen (secondary N) is 1. The molecule has 0 amide bonds. The number of furan rings is 1. The molecule has 4 heteroatoms. The van der Waals surface area contributed by atoms with Gasteiger partial charge in [0.2, 0.25) is 0 Å². The summed E-state index contributed by atoms with van der Waals surface area (Å²) in [5.74, 6) is 1.01. The summed E-state index contributed by atoms with van der Waals surface area (Å²) in [6.45, 7) is 4.27. The fraction of sp³-hybridized carbons (Fsp3) is 0.304. The molecule has 3 N–H and O–H groups in total. The Kier molecular flexibility index (Phi) is 4.98. The number of rotatable bonds is 7. The van der Waals surface area contributed by atoms with E-state index in [1.54, 1.807) is 0 Å². The number of benzene rings is 2. The standard InChI is InChI=1S/C23H26BN2O/c1-3-15-4-7-19-21(13-15)26-20(23(19)25)8-6-18-14-17-12-16(10-11-24-2)5-9-22(17)27-18/h4-5,7,9,12-14,26H,3,6,8,10-11,25H2,1-2H3. The molecule has 27 heavy (non-hydrogen) atoms. The van der Waals surface area contributed by atoms with Gasteiger partial charge in [0.15, 0.2) is 0 Å². The van der Waals surface area contributed by atoms with Crippen LogP contribution in [0.25, 0.3) is 21.9 Å². The summed E-state index contributed by atoms with van der Waals surface area (Å²) in [4.78, 5) is 3.50. The average Bonchev–Trinajstić information content (AvgIpc) is 3.24.